The monoisotopic (exact) mass is 393 g/mol. The van der Waals surface area contributed by atoms with Gasteiger partial charge in [-0.2, -0.15) is 0 Å². The van der Waals surface area contributed by atoms with Crippen molar-refractivity contribution < 1.29 is 23.0 Å². The van der Waals surface area contributed by atoms with Gasteiger partial charge in [0, 0.05) is 22.9 Å². The van der Waals surface area contributed by atoms with Gasteiger partial charge in [0.2, 0.25) is 0 Å². The lowest BCUT2D eigenvalue weighted by molar-refractivity contribution is -0.130. The number of carbonyl (C=O) groups excluding carboxylic acids is 1. The molecular weight excluding hydrogens is 372 g/mol. The first-order chi connectivity index (χ1) is 13.0. The summed E-state index contributed by atoms with van der Waals surface area (Å²) in [6.45, 7) is 4.54. The second kappa shape index (κ2) is 8.69. The second-order valence-corrected chi connectivity index (χ2v) is 8.35. The molecule has 144 valence electrons. The number of halogens is 2. The lowest BCUT2D eigenvalue weighted by Crippen LogP contribution is -2.04. The molecule has 1 aromatic carbocycles. The molecule has 0 bridgehead atoms. The number of nitrogens with zero attached hydrogens (tertiary/aromatic N) is 1. The standard InChI is InChI=1S/C20H21F2NO3S/c1-12(2)27-20-14(4-3-5-23-20)10-25-19-16(21)7-13(8-17(19)22)6-15-9-18(15)26-11-24/h3-5,7-8,11-12,15,18H,6,9-10H2,1-2H3. The summed E-state index contributed by atoms with van der Waals surface area (Å²) in [5.41, 5.74) is 1.31. The third-order valence-electron chi connectivity index (χ3n) is 4.21. The highest BCUT2D eigenvalue weighted by molar-refractivity contribution is 7.99. The highest BCUT2D eigenvalue weighted by atomic mass is 32.2. The van der Waals surface area contributed by atoms with Gasteiger partial charge in [0.1, 0.15) is 17.7 Å². The smallest absolute Gasteiger partial charge is 0.293 e. The van der Waals surface area contributed by atoms with E-state index in [9.17, 15) is 13.6 Å². The first-order valence-corrected chi connectivity index (χ1v) is 9.66. The zero-order chi connectivity index (χ0) is 19.4. The zero-order valence-electron chi connectivity index (χ0n) is 15.2. The summed E-state index contributed by atoms with van der Waals surface area (Å²) in [5.74, 6) is -1.74. The molecule has 1 heterocycles. The van der Waals surface area contributed by atoms with Crippen molar-refractivity contribution in [3.63, 3.8) is 0 Å². The van der Waals surface area contributed by atoms with Crippen LogP contribution in [0.25, 0.3) is 0 Å². The predicted octanol–water partition coefficient (Wildman–Crippen LogP) is 4.54. The van der Waals surface area contributed by atoms with Gasteiger partial charge in [-0.3, -0.25) is 4.79 Å². The van der Waals surface area contributed by atoms with Crippen LogP contribution in [-0.2, 0) is 22.6 Å². The molecule has 1 aromatic heterocycles. The molecule has 0 aliphatic heterocycles. The number of pyridine rings is 1. The number of rotatable bonds is 9. The molecule has 0 amide bonds. The summed E-state index contributed by atoms with van der Waals surface area (Å²) < 4.78 is 39.0. The first-order valence-electron chi connectivity index (χ1n) is 8.78. The quantitative estimate of drug-likeness (QED) is 0.462. The molecule has 2 atom stereocenters. The Balaban J connectivity index is 1.67. The van der Waals surface area contributed by atoms with E-state index in [0.717, 1.165) is 17.0 Å². The van der Waals surface area contributed by atoms with Gasteiger partial charge in [0.25, 0.3) is 6.47 Å². The fraction of sp³-hybridized carbons (Fsp3) is 0.400. The number of hydrogen-bond donors (Lipinski definition) is 0. The maximum Gasteiger partial charge on any atom is 0.293 e. The molecule has 2 unspecified atom stereocenters. The zero-order valence-corrected chi connectivity index (χ0v) is 16.0. The van der Waals surface area contributed by atoms with Crippen molar-refractivity contribution in [2.24, 2.45) is 5.92 Å². The number of carbonyl (C=O) groups is 1. The summed E-state index contributed by atoms with van der Waals surface area (Å²) in [6.07, 6.45) is 2.72. The van der Waals surface area contributed by atoms with Gasteiger partial charge in [-0.05, 0) is 36.6 Å². The minimum absolute atomic E-state index is 0.0357. The normalized spacial score (nSPS) is 18.4. The van der Waals surface area contributed by atoms with Gasteiger partial charge >= 0.3 is 0 Å². The fourth-order valence-electron chi connectivity index (χ4n) is 2.86. The molecule has 7 heteroatoms. The van der Waals surface area contributed by atoms with Crippen molar-refractivity contribution in [2.45, 2.75) is 49.7 Å². The van der Waals surface area contributed by atoms with Crippen LogP contribution >= 0.6 is 11.8 Å². The molecule has 1 fully saturated rings. The molecule has 0 saturated heterocycles. The first kappa shape index (κ1) is 19.6. The maximum absolute atomic E-state index is 14.4. The van der Waals surface area contributed by atoms with E-state index in [0.29, 0.717) is 23.7 Å². The predicted molar refractivity (Wildman–Crippen MR) is 98.7 cm³/mol. The Bertz CT molecular complexity index is 793. The average Bonchev–Trinajstić information content (AvgIpc) is 3.32. The van der Waals surface area contributed by atoms with Crippen LogP contribution in [0.1, 0.15) is 31.4 Å². The van der Waals surface area contributed by atoms with E-state index in [-0.39, 0.29) is 24.4 Å². The molecule has 3 rings (SSSR count). The van der Waals surface area contributed by atoms with Gasteiger partial charge in [-0.1, -0.05) is 19.9 Å². The van der Waals surface area contributed by atoms with Crippen molar-refractivity contribution in [3.8, 4) is 5.75 Å². The number of benzene rings is 1. The van der Waals surface area contributed by atoms with Crippen LogP contribution in [0.5, 0.6) is 5.75 Å². The van der Waals surface area contributed by atoms with Gasteiger partial charge in [0.15, 0.2) is 17.4 Å². The molecule has 1 saturated carbocycles. The molecule has 27 heavy (non-hydrogen) atoms. The van der Waals surface area contributed by atoms with Crippen LogP contribution in [0.4, 0.5) is 8.78 Å². The van der Waals surface area contributed by atoms with E-state index in [1.807, 2.05) is 19.9 Å². The summed E-state index contributed by atoms with van der Waals surface area (Å²) in [5, 5.41) is 1.13. The molecule has 2 aromatic rings. The van der Waals surface area contributed by atoms with Gasteiger partial charge in [0.05, 0.1) is 0 Å². The number of hydrogen-bond acceptors (Lipinski definition) is 5. The third kappa shape index (κ3) is 5.19. The second-order valence-electron chi connectivity index (χ2n) is 6.78. The Morgan fingerprint density at radius 1 is 1.33 bits per heavy atom. The molecule has 1 aliphatic rings. The minimum atomic E-state index is -0.736. The van der Waals surface area contributed by atoms with E-state index in [1.54, 1.807) is 24.0 Å². The number of ether oxygens (including phenoxy) is 2. The molecular formula is C20H21F2NO3S. The van der Waals surface area contributed by atoms with Crippen LogP contribution in [0, 0.1) is 17.6 Å². The Kier molecular flexibility index (Phi) is 6.31. The van der Waals surface area contributed by atoms with E-state index in [1.165, 1.54) is 12.1 Å². The van der Waals surface area contributed by atoms with E-state index in [2.05, 4.69) is 4.98 Å². The highest BCUT2D eigenvalue weighted by Crippen LogP contribution is 2.37. The fourth-order valence-corrected chi connectivity index (χ4v) is 3.70. The average molecular weight is 393 g/mol. The number of aromatic nitrogens is 1. The van der Waals surface area contributed by atoms with E-state index in [4.69, 9.17) is 9.47 Å². The third-order valence-corrected chi connectivity index (χ3v) is 5.28. The van der Waals surface area contributed by atoms with Crippen molar-refractivity contribution in [2.75, 3.05) is 0 Å². The molecule has 0 N–H and O–H groups in total. The molecule has 0 spiro atoms. The van der Waals surface area contributed by atoms with Crippen molar-refractivity contribution in [1.82, 2.24) is 4.98 Å². The lowest BCUT2D eigenvalue weighted by atomic mass is 10.1. The van der Waals surface area contributed by atoms with E-state index >= 15 is 0 Å². The molecule has 1 aliphatic carbocycles. The summed E-state index contributed by atoms with van der Waals surface area (Å²) in [7, 11) is 0. The highest BCUT2D eigenvalue weighted by Gasteiger charge is 2.39. The molecule has 0 radical (unpaired) electrons. The molecule has 4 nitrogen and oxygen atoms in total. The Morgan fingerprint density at radius 3 is 2.74 bits per heavy atom. The topological polar surface area (TPSA) is 48.4 Å². The minimum Gasteiger partial charge on any atom is -0.483 e. The largest absolute Gasteiger partial charge is 0.483 e. The van der Waals surface area contributed by atoms with Crippen molar-refractivity contribution >= 4 is 18.2 Å². The summed E-state index contributed by atoms with van der Waals surface area (Å²) >= 11 is 1.57. The van der Waals surface area contributed by atoms with Gasteiger partial charge in [-0.25, -0.2) is 13.8 Å². The Hall–Kier alpha value is -2.15. The summed E-state index contributed by atoms with van der Waals surface area (Å²) in [4.78, 5) is 14.6. The van der Waals surface area contributed by atoms with Crippen LogP contribution in [0.2, 0.25) is 0 Å². The summed E-state index contributed by atoms with van der Waals surface area (Å²) in [6, 6.07) is 6.16. The van der Waals surface area contributed by atoms with Gasteiger partial charge < -0.3 is 9.47 Å². The Morgan fingerprint density at radius 2 is 2.07 bits per heavy atom. The van der Waals surface area contributed by atoms with Crippen LogP contribution in [-0.4, -0.2) is 22.8 Å². The Labute approximate surface area is 161 Å². The van der Waals surface area contributed by atoms with Crippen molar-refractivity contribution in [1.29, 1.82) is 0 Å². The van der Waals surface area contributed by atoms with Gasteiger partial charge in [-0.15, -0.1) is 11.8 Å². The SMILES string of the molecule is CC(C)Sc1ncccc1COc1c(F)cc(CC2CC2OC=O)cc1F. The lowest BCUT2D eigenvalue weighted by Gasteiger charge is -2.13. The van der Waals surface area contributed by atoms with Crippen LogP contribution < -0.4 is 4.74 Å². The van der Waals surface area contributed by atoms with E-state index < -0.39 is 11.6 Å². The maximum atomic E-state index is 14.4. The van der Waals surface area contributed by atoms with Crippen molar-refractivity contribution in [3.05, 3.63) is 53.2 Å². The number of thioether (sulfide) groups is 1. The van der Waals surface area contributed by atoms with Crippen LogP contribution in [0.3, 0.4) is 0 Å². The van der Waals surface area contributed by atoms with Crippen LogP contribution in [0.15, 0.2) is 35.5 Å².